The van der Waals surface area contributed by atoms with E-state index in [1.807, 2.05) is 36.4 Å². The molecule has 0 unspecified atom stereocenters. The Morgan fingerprint density at radius 2 is 1.73 bits per heavy atom. The molecule has 0 N–H and O–H groups in total. The van der Waals surface area contributed by atoms with Crippen molar-refractivity contribution >= 4 is 34.8 Å². The molecule has 8 heteroatoms. The summed E-state index contributed by atoms with van der Waals surface area (Å²) < 4.78 is 12.8. The first-order chi connectivity index (χ1) is 19.2. The van der Waals surface area contributed by atoms with E-state index in [0.717, 1.165) is 40.6 Å². The molecule has 2 aliphatic rings. The summed E-state index contributed by atoms with van der Waals surface area (Å²) in [5, 5.41) is 1.10. The standard InChI is InChI=1S/C32H37N3O5/c1-33(2)28(36)19-34(3)31(37)23-15-22-16-24(39-4)12-14-25(22)30-29(20-9-7-6-8-10-20)26-13-11-21(32(38)40-5)17-27(26)35(30)18-23/h11-17,20H,6-10,18-19H2,1-5H3. The summed E-state index contributed by atoms with van der Waals surface area (Å²) in [4.78, 5) is 41.7. The van der Waals surface area contributed by atoms with Crippen molar-refractivity contribution in [1.82, 2.24) is 14.4 Å². The van der Waals surface area contributed by atoms with Crippen LogP contribution in [0.25, 0.3) is 28.2 Å². The molecule has 1 aliphatic carbocycles. The molecule has 1 aromatic heterocycles. The topological polar surface area (TPSA) is 81.1 Å². The molecule has 2 amide bonds. The second-order valence-corrected chi connectivity index (χ2v) is 11.0. The summed E-state index contributed by atoms with van der Waals surface area (Å²) >= 11 is 0. The number of aromatic nitrogens is 1. The van der Waals surface area contributed by atoms with Gasteiger partial charge in [-0.05, 0) is 66.3 Å². The zero-order valence-electron chi connectivity index (χ0n) is 24.0. The van der Waals surface area contributed by atoms with Crippen LogP contribution in [0.15, 0.2) is 42.0 Å². The van der Waals surface area contributed by atoms with Gasteiger partial charge in [0.05, 0.1) is 38.6 Å². The molecule has 1 fully saturated rings. The maximum atomic E-state index is 13.8. The monoisotopic (exact) mass is 543 g/mol. The highest BCUT2D eigenvalue weighted by Crippen LogP contribution is 2.47. The van der Waals surface area contributed by atoms with Gasteiger partial charge in [0.15, 0.2) is 0 Å². The van der Waals surface area contributed by atoms with Crippen molar-refractivity contribution in [2.75, 3.05) is 41.9 Å². The van der Waals surface area contributed by atoms with Crippen molar-refractivity contribution in [3.8, 4) is 17.0 Å². The first-order valence-electron chi connectivity index (χ1n) is 13.8. The minimum absolute atomic E-state index is 0.0206. The van der Waals surface area contributed by atoms with Crippen LogP contribution < -0.4 is 4.74 Å². The number of ether oxygens (including phenoxy) is 2. The van der Waals surface area contributed by atoms with E-state index < -0.39 is 5.97 Å². The average Bonchev–Trinajstić information content (AvgIpc) is 3.18. The Kier molecular flexibility index (Phi) is 7.70. The van der Waals surface area contributed by atoms with E-state index in [9.17, 15) is 14.4 Å². The quantitative estimate of drug-likeness (QED) is 0.405. The van der Waals surface area contributed by atoms with Gasteiger partial charge < -0.3 is 23.8 Å². The molecule has 0 bridgehead atoms. The van der Waals surface area contributed by atoms with Crippen LogP contribution >= 0.6 is 0 Å². The molecular formula is C32H37N3O5. The second-order valence-electron chi connectivity index (χ2n) is 11.0. The molecule has 8 nitrogen and oxygen atoms in total. The van der Waals surface area contributed by atoms with E-state index in [-0.39, 0.29) is 18.4 Å². The summed E-state index contributed by atoms with van der Waals surface area (Å²) in [5.74, 6) is 0.312. The predicted molar refractivity (Wildman–Crippen MR) is 155 cm³/mol. The number of carbonyl (C=O) groups is 3. The largest absolute Gasteiger partial charge is 0.497 e. The fourth-order valence-corrected chi connectivity index (χ4v) is 6.08. The molecule has 1 aliphatic heterocycles. The lowest BCUT2D eigenvalue weighted by Gasteiger charge is -2.24. The van der Waals surface area contributed by atoms with E-state index in [1.165, 1.54) is 41.7 Å². The second kappa shape index (κ2) is 11.2. The van der Waals surface area contributed by atoms with Gasteiger partial charge in [0.2, 0.25) is 5.91 Å². The number of esters is 1. The normalized spacial score (nSPS) is 15.0. The third kappa shape index (κ3) is 4.98. The summed E-state index contributed by atoms with van der Waals surface area (Å²) in [6.07, 6.45) is 7.72. The van der Waals surface area contributed by atoms with Crippen LogP contribution in [0.5, 0.6) is 5.75 Å². The number of hydrogen-bond donors (Lipinski definition) is 0. The van der Waals surface area contributed by atoms with Gasteiger partial charge in [-0.3, -0.25) is 9.59 Å². The third-order valence-electron chi connectivity index (χ3n) is 8.20. The minimum atomic E-state index is -0.399. The Morgan fingerprint density at radius 1 is 0.975 bits per heavy atom. The van der Waals surface area contributed by atoms with Crippen molar-refractivity contribution in [1.29, 1.82) is 0 Å². The molecule has 0 spiro atoms. The van der Waals surface area contributed by atoms with E-state index in [1.54, 1.807) is 28.3 Å². The Balaban J connectivity index is 1.74. The molecule has 0 radical (unpaired) electrons. The van der Waals surface area contributed by atoms with Gasteiger partial charge >= 0.3 is 5.97 Å². The van der Waals surface area contributed by atoms with Crippen LogP contribution in [-0.2, 0) is 20.9 Å². The number of amides is 2. The lowest BCUT2D eigenvalue weighted by Crippen LogP contribution is -2.38. The van der Waals surface area contributed by atoms with Gasteiger partial charge in [0.1, 0.15) is 5.75 Å². The molecule has 3 aromatic rings. The minimum Gasteiger partial charge on any atom is -0.497 e. The van der Waals surface area contributed by atoms with Crippen LogP contribution in [0, 0.1) is 0 Å². The van der Waals surface area contributed by atoms with E-state index in [4.69, 9.17) is 9.47 Å². The first kappa shape index (κ1) is 27.5. The highest BCUT2D eigenvalue weighted by atomic mass is 16.5. The van der Waals surface area contributed by atoms with E-state index in [2.05, 4.69) is 10.6 Å². The number of fused-ring (bicyclic) bond motifs is 5. The van der Waals surface area contributed by atoms with Crippen molar-refractivity contribution in [3.05, 3.63) is 58.7 Å². The van der Waals surface area contributed by atoms with Crippen LogP contribution in [0.3, 0.4) is 0 Å². The van der Waals surface area contributed by atoms with Crippen molar-refractivity contribution in [2.45, 2.75) is 44.6 Å². The third-order valence-corrected chi connectivity index (χ3v) is 8.20. The van der Waals surface area contributed by atoms with Gasteiger partial charge in [0, 0.05) is 43.2 Å². The smallest absolute Gasteiger partial charge is 0.337 e. The predicted octanol–water partition coefficient (Wildman–Crippen LogP) is 5.09. The SMILES string of the molecule is COC(=O)c1ccc2c(C3CCCCC3)c3n(c2c1)CC(C(=O)N(C)CC(=O)N(C)C)=Cc1cc(OC)ccc1-3. The molecule has 0 atom stereocenters. The molecule has 40 heavy (non-hydrogen) atoms. The first-order valence-corrected chi connectivity index (χ1v) is 13.8. The maximum Gasteiger partial charge on any atom is 0.337 e. The van der Waals surface area contributed by atoms with Crippen molar-refractivity contribution < 1.29 is 23.9 Å². The number of rotatable bonds is 6. The molecule has 2 heterocycles. The summed E-state index contributed by atoms with van der Waals surface area (Å²) in [6, 6.07) is 11.7. The van der Waals surface area contributed by atoms with Crippen molar-refractivity contribution in [3.63, 3.8) is 0 Å². The number of nitrogens with zero attached hydrogens (tertiary/aromatic N) is 3. The Morgan fingerprint density at radius 3 is 2.40 bits per heavy atom. The molecular weight excluding hydrogens is 506 g/mol. The highest BCUT2D eigenvalue weighted by molar-refractivity contribution is 6.04. The Bertz CT molecular complexity index is 1510. The lowest BCUT2D eigenvalue weighted by atomic mass is 9.81. The fourth-order valence-electron chi connectivity index (χ4n) is 6.08. The number of benzene rings is 2. The molecule has 2 aromatic carbocycles. The van der Waals surface area contributed by atoms with Gasteiger partial charge in [-0.25, -0.2) is 4.79 Å². The molecule has 5 rings (SSSR count). The average molecular weight is 544 g/mol. The summed E-state index contributed by atoms with van der Waals surface area (Å²) in [7, 11) is 8.02. The number of carbonyl (C=O) groups excluding carboxylic acids is 3. The van der Waals surface area contributed by atoms with E-state index in [0.29, 0.717) is 29.3 Å². The molecule has 0 saturated heterocycles. The van der Waals surface area contributed by atoms with Crippen molar-refractivity contribution in [2.24, 2.45) is 0 Å². The van der Waals surface area contributed by atoms with Gasteiger partial charge in [0.25, 0.3) is 5.91 Å². The van der Waals surface area contributed by atoms with E-state index >= 15 is 0 Å². The van der Waals surface area contributed by atoms with Gasteiger partial charge in [-0.2, -0.15) is 0 Å². The molecule has 1 saturated carbocycles. The van der Waals surface area contributed by atoms with Crippen LogP contribution in [0.2, 0.25) is 0 Å². The maximum absolute atomic E-state index is 13.8. The van der Waals surface area contributed by atoms with Crippen LogP contribution in [0.4, 0.5) is 0 Å². The van der Waals surface area contributed by atoms with Gasteiger partial charge in [-0.15, -0.1) is 0 Å². The van der Waals surface area contributed by atoms with Gasteiger partial charge in [-0.1, -0.05) is 25.3 Å². The fraction of sp³-hybridized carbons (Fsp3) is 0.406. The summed E-state index contributed by atoms with van der Waals surface area (Å²) in [5.41, 5.74) is 6.18. The number of hydrogen-bond acceptors (Lipinski definition) is 5. The zero-order chi connectivity index (χ0) is 28.6. The lowest BCUT2D eigenvalue weighted by molar-refractivity contribution is -0.136. The number of likely N-dealkylation sites (N-methyl/N-ethyl adjacent to an activating group) is 2. The number of methoxy groups -OCH3 is 2. The highest BCUT2D eigenvalue weighted by Gasteiger charge is 2.31. The summed E-state index contributed by atoms with van der Waals surface area (Å²) in [6.45, 7) is 0.284. The Labute approximate surface area is 235 Å². The van der Waals surface area contributed by atoms with Crippen LogP contribution in [-0.4, -0.2) is 74.1 Å². The van der Waals surface area contributed by atoms with Crippen LogP contribution in [0.1, 0.15) is 59.5 Å². The zero-order valence-corrected chi connectivity index (χ0v) is 24.0. The Hall–Kier alpha value is -4.07. The molecule has 210 valence electrons.